The van der Waals surface area contributed by atoms with Crippen molar-refractivity contribution in [2.45, 2.75) is 13.8 Å². The SMILES string of the molecule is CCN(CC)c1ncc(C=Cc2nc3ccc(OCCF)cc3o2)s1. The number of nitrogens with zero attached hydrogens (tertiary/aromatic N) is 3. The van der Waals surface area contributed by atoms with Crippen molar-refractivity contribution >= 4 is 39.7 Å². The van der Waals surface area contributed by atoms with Gasteiger partial charge in [0.2, 0.25) is 5.89 Å². The number of aromatic nitrogens is 2. The molecule has 3 rings (SSSR count). The van der Waals surface area contributed by atoms with Crippen LogP contribution >= 0.6 is 11.3 Å². The Morgan fingerprint density at radius 3 is 2.88 bits per heavy atom. The van der Waals surface area contributed by atoms with E-state index in [-0.39, 0.29) is 6.61 Å². The number of hydrogen-bond acceptors (Lipinski definition) is 6. The molecule has 0 fully saturated rings. The van der Waals surface area contributed by atoms with Gasteiger partial charge in [-0.3, -0.25) is 0 Å². The molecule has 0 aliphatic heterocycles. The molecule has 0 aliphatic carbocycles. The van der Waals surface area contributed by atoms with Crippen molar-refractivity contribution in [2.75, 3.05) is 31.3 Å². The summed E-state index contributed by atoms with van der Waals surface area (Å²) in [6, 6.07) is 5.28. The lowest BCUT2D eigenvalue weighted by molar-refractivity contribution is 0.273. The number of thiazole rings is 1. The first-order chi connectivity index (χ1) is 12.2. The summed E-state index contributed by atoms with van der Waals surface area (Å²) in [5, 5.41) is 1.01. The third kappa shape index (κ3) is 4.17. The summed E-state index contributed by atoms with van der Waals surface area (Å²) in [6.07, 6.45) is 5.61. The van der Waals surface area contributed by atoms with Crippen LogP contribution < -0.4 is 9.64 Å². The lowest BCUT2D eigenvalue weighted by Crippen LogP contribution is -2.21. The second kappa shape index (κ2) is 8.11. The smallest absolute Gasteiger partial charge is 0.220 e. The van der Waals surface area contributed by atoms with Crippen LogP contribution in [0.1, 0.15) is 24.6 Å². The first-order valence-electron chi connectivity index (χ1n) is 8.21. The standard InChI is InChI=1S/C18H20FN3O2S/c1-3-22(4-2)18-20-12-14(25-18)6-8-17-21-15-7-5-13(23-10-9-19)11-16(15)24-17/h5-8,11-12H,3-4,9-10H2,1-2H3. The van der Waals surface area contributed by atoms with E-state index < -0.39 is 6.67 Å². The molecule has 0 saturated carbocycles. The summed E-state index contributed by atoms with van der Waals surface area (Å²) in [5.41, 5.74) is 1.35. The Morgan fingerprint density at radius 1 is 1.28 bits per heavy atom. The molecule has 0 saturated heterocycles. The minimum Gasteiger partial charge on any atom is -0.491 e. The molecule has 0 aliphatic rings. The lowest BCUT2D eigenvalue weighted by atomic mass is 10.3. The minimum atomic E-state index is -0.521. The van der Waals surface area contributed by atoms with Crippen molar-refractivity contribution in [1.29, 1.82) is 0 Å². The zero-order valence-corrected chi connectivity index (χ0v) is 15.1. The van der Waals surface area contributed by atoms with E-state index in [9.17, 15) is 4.39 Å². The Kier molecular flexibility index (Phi) is 5.65. The second-order valence-electron chi connectivity index (χ2n) is 5.27. The third-order valence-electron chi connectivity index (χ3n) is 3.66. The highest BCUT2D eigenvalue weighted by Gasteiger charge is 2.08. The Hall–Kier alpha value is -2.41. The summed E-state index contributed by atoms with van der Waals surface area (Å²) in [5.74, 6) is 1.08. The first-order valence-corrected chi connectivity index (χ1v) is 9.03. The molecule has 132 valence electrons. The molecule has 0 amide bonds. The number of anilines is 1. The number of hydrogen-bond donors (Lipinski definition) is 0. The molecular formula is C18H20FN3O2S. The molecule has 0 radical (unpaired) electrons. The predicted molar refractivity (Wildman–Crippen MR) is 100 cm³/mol. The average Bonchev–Trinajstić information content (AvgIpc) is 3.25. The molecular weight excluding hydrogens is 341 g/mol. The maximum atomic E-state index is 12.2. The van der Waals surface area contributed by atoms with E-state index in [4.69, 9.17) is 9.15 Å². The Balaban J connectivity index is 1.75. The van der Waals surface area contributed by atoms with E-state index in [0.717, 1.165) is 28.6 Å². The lowest BCUT2D eigenvalue weighted by Gasteiger charge is -2.16. The van der Waals surface area contributed by atoms with Gasteiger partial charge in [0.1, 0.15) is 24.5 Å². The largest absolute Gasteiger partial charge is 0.491 e. The maximum Gasteiger partial charge on any atom is 0.220 e. The molecule has 0 unspecified atom stereocenters. The van der Waals surface area contributed by atoms with Gasteiger partial charge < -0.3 is 14.1 Å². The number of benzene rings is 1. The minimum absolute atomic E-state index is 0.0344. The first kappa shape index (κ1) is 17.4. The average molecular weight is 361 g/mol. The quantitative estimate of drug-likeness (QED) is 0.584. The number of ether oxygens (including phenoxy) is 1. The van der Waals surface area contributed by atoms with Gasteiger partial charge in [0.25, 0.3) is 0 Å². The highest BCUT2D eigenvalue weighted by Crippen LogP contribution is 2.25. The fourth-order valence-corrected chi connectivity index (χ4v) is 3.33. The van der Waals surface area contributed by atoms with E-state index in [1.54, 1.807) is 29.5 Å². The van der Waals surface area contributed by atoms with Crippen LogP contribution in [0.2, 0.25) is 0 Å². The number of fused-ring (bicyclic) bond motifs is 1. The van der Waals surface area contributed by atoms with Crippen molar-refractivity contribution in [1.82, 2.24) is 9.97 Å². The normalized spacial score (nSPS) is 11.5. The zero-order valence-electron chi connectivity index (χ0n) is 14.2. The number of alkyl halides is 1. The summed E-state index contributed by atoms with van der Waals surface area (Å²) in [6.45, 7) is 5.62. The van der Waals surface area contributed by atoms with Gasteiger partial charge >= 0.3 is 0 Å². The molecule has 25 heavy (non-hydrogen) atoms. The van der Waals surface area contributed by atoms with E-state index >= 15 is 0 Å². The van der Waals surface area contributed by atoms with E-state index in [1.807, 2.05) is 18.3 Å². The zero-order chi connectivity index (χ0) is 17.6. The Labute approximate surface area is 149 Å². The molecule has 2 heterocycles. The summed E-state index contributed by atoms with van der Waals surface area (Å²) in [4.78, 5) is 12.1. The van der Waals surface area contributed by atoms with Gasteiger partial charge in [0, 0.05) is 36.3 Å². The number of halogens is 1. The van der Waals surface area contributed by atoms with Gasteiger partial charge in [0.15, 0.2) is 10.7 Å². The van der Waals surface area contributed by atoms with E-state index in [0.29, 0.717) is 17.2 Å². The van der Waals surface area contributed by atoms with Gasteiger partial charge in [-0.2, -0.15) is 0 Å². The van der Waals surface area contributed by atoms with E-state index in [2.05, 4.69) is 28.7 Å². The van der Waals surface area contributed by atoms with Crippen molar-refractivity contribution < 1.29 is 13.5 Å². The van der Waals surface area contributed by atoms with Gasteiger partial charge in [-0.1, -0.05) is 11.3 Å². The summed E-state index contributed by atoms with van der Waals surface area (Å²) < 4.78 is 23.1. The Bertz CT molecular complexity index is 855. The molecule has 7 heteroatoms. The van der Waals surface area contributed by atoms with Crippen molar-refractivity contribution in [3.05, 3.63) is 35.2 Å². The van der Waals surface area contributed by atoms with Crippen LogP contribution in [0.25, 0.3) is 23.3 Å². The Morgan fingerprint density at radius 2 is 2.12 bits per heavy atom. The number of oxazole rings is 1. The molecule has 0 spiro atoms. The highest BCUT2D eigenvalue weighted by atomic mass is 32.1. The van der Waals surface area contributed by atoms with Crippen molar-refractivity contribution in [3.63, 3.8) is 0 Å². The topological polar surface area (TPSA) is 51.4 Å². The molecule has 0 atom stereocenters. The summed E-state index contributed by atoms with van der Waals surface area (Å²) >= 11 is 1.63. The van der Waals surface area contributed by atoms with Crippen LogP contribution in [0, 0.1) is 0 Å². The second-order valence-corrected chi connectivity index (χ2v) is 6.31. The third-order valence-corrected chi connectivity index (χ3v) is 4.68. The monoisotopic (exact) mass is 361 g/mol. The maximum absolute atomic E-state index is 12.2. The molecule has 3 aromatic rings. The van der Waals surface area contributed by atoms with Crippen molar-refractivity contribution in [2.24, 2.45) is 0 Å². The van der Waals surface area contributed by atoms with Gasteiger partial charge in [-0.15, -0.1) is 0 Å². The fraction of sp³-hybridized carbons (Fsp3) is 0.333. The predicted octanol–water partition coefficient (Wildman–Crippen LogP) is 4.65. The van der Waals surface area contributed by atoms with Gasteiger partial charge in [-0.05, 0) is 32.1 Å². The van der Waals surface area contributed by atoms with Crippen molar-refractivity contribution in [3.8, 4) is 5.75 Å². The molecule has 0 N–H and O–H groups in total. The fourth-order valence-electron chi connectivity index (χ4n) is 2.39. The number of rotatable bonds is 8. The van der Waals surface area contributed by atoms with Crippen LogP contribution in [-0.4, -0.2) is 36.3 Å². The molecule has 5 nitrogen and oxygen atoms in total. The van der Waals surface area contributed by atoms with Crippen LogP contribution in [0.5, 0.6) is 5.75 Å². The van der Waals surface area contributed by atoms with Gasteiger partial charge in [0.05, 0.1) is 0 Å². The highest BCUT2D eigenvalue weighted by molar-refractivity contribution is 7.16. The van der Waals surface area contributed by atoms with Crippen LogP contribution in [-0.2, 0) is 0 Å². The van der Waals surface area contributed by atoms with Gasteiger partial charge in [-0.25, -0.2) is 14.4 Å². The molecule has 0 bridgehead atoms. The summed E-state index contributed by atoms with van der Waals surface area (Å²) in [7, 11) is 0. The van der Waals surface area contributed by atoms with Crippen LogP contribution in [0.3, 0.4) is 0 Å². The van der Waals surface area contributed by atoms with E-state index in [1.165, 1.54) is 0 Å². The molecule has 2 aromatic heterocycles. The molecule has 1 aromatic carbocycles. The van der Waals surface area contributed by atoms with Crippen LogP contribution in [0.4, 0.5) is 9.52 Å². The van der Waals surface area contributed by atoms with Crippen LogP contribution in [0.15, 0.2) is 28.8 Å².